The lowest BCUT2D eigenvalue weighted by Gasteiger charge is -2.38. The minimum atomic E-state index is -0.0433. The fourth-order valence-electron chi connectivity index (χ4n) is 8.29. The first kappa shape index (κ1) is 31.5. The van der Waals surface area contributed by atoms with E-state index in [9.17, 15) is 9.59 Å². The van der Waals surface area contributed by atoms with Gasteiger partial charge in [-0.2, -0.15) is 0 Å². The number of piperidine rings is 1. The maximum absolute atomic E-state index is 13.2. The third-order valence-electron chi connectivity index (χ3n) is 10.6. The summed E-state index contributed by atoms with van der Waals surface area (Å²) in [6.07, 6.45) is 3.14. The van der Waals surface area contributed by atoms with Gasteiger partial charge < -0.3 is 15.6 Å². The number of rotatable bonds is 10. The highest BCUT2D eigenvalue weighted by atomic mass is 35.5. The van der Waals surface area contributed by atoms with Gasteiger partial charge in [-0.3, -0.25) is 14.5 Å². The second-order valence-corrected chi connectivity index (χ2v) is 16.4. The minimum absolute atomic E-state index is 0.0114. The van der Waals surface area contributed by atoms with Crippen LogP contribution in [0.25, 0.3) is 21.5 Å². The number of carbonyl (C=O) groups excluding carboxylic acids is 2. The lowest BCUT2D eigenvalue weighted by molar-refractivity contribution is -0.130. The van der Waals surface area contributed by atoms with Crippen molar-refractivity contribution in [1.82, 2.24) is 20.5 Å². The van der Waals surface area contributed by atoms with Gasteiger partial charge in [0.1, 0.15) is 4.83 Å². The zero-order chi connectivity index (χ0) is 32.3. The molecular formula is C38H45ClN4O2S. The van der Waals surface area contributed by atoms with Crippen molar-refractivity contribution in [2.24, 2.45) is 17.8 Å². The number of carbonyl (C=O) groups is 2. The van der Waals surface area contributed by atoms with Crippen LogP contribution in [-0.2, 0) is 21.5 Å². The molecule has 4 heterocycles. The summed E-state index contributed by atoms with van der Waals surface area (Å²) in [5.41, 5.74) is 7.23. The number of nitrogens with zero attached hydrogens (tertiary/aromatic N) is 1. The molecule has 46 heavy (non-hydrogen) atoms. The van der Waals surface area contributed by atoms with Gasteiger partial charge in [0.05, 0.1) is 11.6 Å². The van der Waals surface area contributed by atoms with Crippen LogP contribution in [0.4, 0.5) is 0 Å². The Morgan fingerprint density at radius 2 is 1.87 bits per heavy atom. The molecule has 2 aliphatic heterocycles. The third kappa shape index (κ3) is 6.02. The molecule has 8 heteroatoms. The minimum Gasteiger partial charge on any atom is -0.355 e. The SMILES string of the molecule is Cc1cc(C)cc(-c2[nH]c3sc(C(C)(C)CC4C5CCC4C(=O)N5)cc3c2[C@H](C)CNC(=O)C2CN(Cc3cccc(Cl)c3)C2)c1. The first-order valence-corrected chi connectivity index (χ1v) is 17.9. The molecule has 3 unspecified atom stereocenters. The van der Waals surface area contributed by atoms with Gasteiger partial charge in [0.15, 0.2) is 0 Å². The molecular weight excluding hydrogens is 612 g/mol. The standard InChI is InChI=1S/C38H45ClN4O2S/c1-21-11-22(2)13-25(12-21)34-33(23(3)17-40-35(44)26-19-43(20-26)18-24-7-6-8-27(39)14-24)29-15-32(46-37(29)42-34)38(4,5)16-30-28-9-10-31(30)41-36(28)45/h6-8,11-15,23,26,28,30-31,42H,9-10,16-20H2,1-5H3,(H,40,44)(H,41,45)/t23-,28?,30?,31?/m1/s1. The van der Waals surface area contributed by atoms with Crippen molar-refractivity contribution in [3.63, 3.8) is 0 Å². The van der Waals surface area contributed by atoms with Crippen LogP contribution in [0.2, 0.25) is 5.02 Å². The summed E-state index contributed by atoms with van der Waals surface area (Å²) >= 11 is 8.01. The van der Waals surface area contributed by atoms with E-state index >= 15 is 0 Å². The number of halogens is 1. The van der Waals surface area contributed by atoms with E-state index in [0.29, 0.717) is 18.5 Å². The maximum atomic E-state index is 13.2. The largest absolute Gasteiger partial charge is 0.355 e. The van der Waals surface area contributed by atoms with E-state index in [1.165, 1.54) is 42.9 Å². The van der Waals surface area contributed by atoms with Crippen LogP contribution in [0.15, 0.2) is 48.5 Å². The zero-order valence-electron chi connectivity index (χ0n) is 27.5. The Morgan fingerprint density at radius 1 is 1.11 bits per heavy atom. The van der Waals surface area contributed by atoms with E-state index in [-0.39, 0.29) is 35.0 Å². The quantitative estimate of drug-likeness (QED) is 0.164. The number of H-pyrrole nitrogens is 1. The average Bonchev–Trinajstić information content (AvgIpc) is 3.72. The number of benzene rings is 2. The van der Waals surface area contributed by atoms with Gasteiger partial charge in [-0.15, -0.1) is 11.3 Å². The normalized spacial score (nSPS) is 22.3. The fourth-order valence-corrected chi connectivity index (χ4v) is 9.69. The molecule has 2 saturated heterocycles. The van der Waals surface area contributed by atoms with Crippen LogP contribution in [0.3, 0.4) is 0 Å². The Bertz CT molecular complexity index is 1780. The molecule has 3 N–H and O–H groups in total. The number of hydrogen-bond acceptors (Lipinski definition) is 4. The van der Waals surface area contributed by atoms with E-state index in [4.69, 9.17) is 11.6 Å². The summed E-state index contributed by atoms with van der Waals surface area (Å²) in [4.78, 5) is 34.3. The Balaban J connectivity index is 1.09. The Hall–Kier alpha value is -3.13. The molecule has 242 valence electrons. The van der Waals surface area contributed by atoms with Crippen LogP contribution in [0.1, 0.15) is 73.1 Å². The molecule has 2 aromatic heterocycles. The summed E-state index contributed by atoms with van der Waals surface area (Å²) < 4.78 is 0. The van der Waals surface area contributed by atoms with Gasteiger partial charge >= 0.3 is 0 Å². The molecule has 1 aliphatic carbocycles. The van der Waals surface area contributed by atoms with E-state index in [1.54, 1.807) is 0 Å². The molecule has 2 amide bonds. The van der Waals surface area contributed by atoms with Crippen molar-refractivity contribution in [3.05, 3.63) is 80.7 Å². The zero-order valence-corrected chi connectivity index (χ0v) is 29.1. The van der Waals surface area contributed by atoms with Gasteiger partial charge in [-0.05, 0) is 91.5 Å². The first-order chi connectivity index (χ1) is 21.9. The van der Waals surface area contributed by atoms with Gasteiger partial charge in [0.2, 0.25) is 11.8 Å². The van der Waals surface area contributed by atoms with Crippen molar-refractivity contribution >= 4 is 45.0 Å². The van der Waals surface area contributed by atoms with Gasteiger partial charge in [0, 0.05) is 59.3 Å². The number of likely N-dealkylation sites (tertiary alicyclic amines) is 1. The summed E-state index contributed by atoms with van der Waals surface area (Å²) in [6, 6.07) is 17.4. The Morgan fingerprint density at radius 3 is 2.54 bits per heavy atom. The molecule has 3 fully saturated rings. The second kappa shape index (κ2) is 12.1. The lowest BCUT2D eigenvalue weighted by atomic mass is 9.77. The molecule has 6 nitrogen and oxygen atoms in total. The van der Waals surface area contributed by atoms with Crippen LogP contribution in [0.5, 0.6) is 0 Å². The van der Waals surface area contributed by atoms with Crippen LogP contribution < -0.4 is 10.6 Å². The second-order valence-electron chi connectivity index (χ2n) is 14.9. The number of amides is 2. The average molecular weight is 657 g/mol. The van der Waals surface area contributed by atoms with Crippen molar-refractivity contribution < 1.29 is 9.59 Å². The Labute approximate surface area is 281 Å². The monoisotopic (exact) mass is 656 g/mol. The molecule has 3 aliphatic rings. The highest BCUT2D eigenvalue weighted by Gasteiger charge is 2.49. The van der Waals surface area contributed by atoms with Gasteiger partial charge in [-0.25, -0.2) is 0 Å². The van der Waals surface area contributed by atoms with Gasteiger partial charge in [0.25, 0.3) is 0 Å². The number of thiophene rings is 1. The van der Waals surface area contributed by atoms with Gasteiger partial charge in [-0.1, -0.05) is 61.7 Å². The number of nitrogens with one attached hydrogen (secondary N) is 3. The summed E-state index contributed by atoms with van der Waals surface area (Å²) in [5, 5.41) is 8.53. The number of aromatic amines is 1. The highest BCUT2D eigenvalue weighted by Crippen LogP contribution is 2.48. The molecule has 0 radical (unpaired) electrons. The predicted octanol–water partition coefficient (Wildman–Crippen LogP) is 7.71. The van der Waals surface area contributed by atoms with E-state index < -0.39 is 0 Å². The number of fused-ring (bicyclic) bond motifs is 3. The molecule has 4 aromatic rings. The van der Waals surface area contributed by atoms with Crippen molar-refractivity contribution in [2.75, 3.05) is 19.6 Å². The Kier molecular flexibility index (Phi) is 8.31. The van der Waals surface area contributed by atoms with Crippen LogP contribution in [0, 0.1) is 31.6 Å². The topological polar surface area (TPSA) is 77.2 Å². The summed E-state index contributed by atoms with van der Waals surface area (Å²) in [5.74, 6) is 1.10. The van der Waals surface area contributed by atoms with E-state index in [2.05, 4.69) is 85.5 Å². The molecule has 2 bridgehead atoms. The van der Waals surface area contributed by atoms with Crippen LogP contribution in [-0.4, -0.2) is 47.4 Å². The van der Waals surface area contributed by atoms with E-state index in [1.807, 2.05) is 29.5 Å². The van der Waals surface area contributed by atoms with Crippen molar-refractivity contribution in [1.29, 1.82) is 0 Å². The number of aryl methyl sites for hydroxylation is 2. The number of aromatic nitrogens is 1. The van der Waals surface area contributed by atoms with Crippen LogP contribution >= 0.6 is 22.9 Å². The van der Waals surface area contributed by atoms with Crippen molar-refractivity contribution in [3.8, 4) is 11.3 Å². The smallest absolute Gasteiger partial charge is 0.225 e. The molecule has 7 rings (SSSR count). The lowest BCUT2D eigenvalue weighted by Crippen LogP contribution is -2.53. The molecule has 0 spiro atoms. The fraction of sp³-hybridized carbons (Fsp3) is 0.474. The summed E-state index contributed by atoms with van der Waals surface area (Å²) in [6.45, 7) is 14.1. The van der Waals surface area contributed by atoms with Crippen molar-refractivity contribution in [2.45, 2.75) is 77.8 Å². The first-order valence-electron chi connectivity index (χ1n) is 16.7. The molecule has 2 aromatic carbocycles. The third-order valence-corrected chi connectivity index (χ3v) is 12.3. The predicted molar refractivity (Wildman–Crippen MR) is 189 cm³/mol. The number of hydrogen-bond donors (Lipinski definition) is 3. The maximum Gasteiger partial charge on any atom is 0.225 e. The summed E-state index contributed by atoms with van der Waals surface area (Å²) in [7, 11) is 0. The molecule has 1 saturated carbocycles. The molecule has 4 atom stereocenters. The highest BCUT2D eigenvalue weighted by molar-refractivity contribution is 7.18. The van der Waals surface area contributed by atoms with E-state index in [0.717, 1.165) is 49.6 Å².